The summed E-state index contributed by atoms with van der Waals surface area (Å²) in [6, 6.07) is 10.7. The third-order valence-electron chi connectivity index (χ3n) is 4.81. The topological polar surface area (TPSA) is 97.4 Å². The molecule has 1 atom stereocenters. The normalized spacial score (nSPS) is 12.2. The first kappa shape index (κ1) is 30.2. The maximum atomic E-state index is 12.0. The van der Waals surface area contributed by atoms with E-state index >= 15 is 0 Å². The van der Waals surface area contributed by atoms with E-state index in [1.807, 2.05) is 73.2 Å². The van der Waals surface area contributed by atoms with Crippen LogP contribution < -0.4 is 10.0 Å². The van der Waals surface area contributed by atoms with Gasteiger partial charge in [0.2, 0.25) is 5.91 Å². The Morgan fingerprint density at radius 3 is 2.49 bits per heavy atom. The molecule has 7 nitrogen and oxygen atoms in total. The molecule has 2 aromatic heterocycles. The van der Waals surface area contributed by atoms with Crippen LogP contribution in [0.4, 0.5) is 5.69 Å². The van der Waals surface area contributed by atoms with Crippen molar-refractivity contribution in [3.05, 3.63) is 94.9 Å². The molecule has 2 N–H and O–H groups in total. The van der Waals surface area contributed by atoms with Crippen LogP contribution in [-0.2, 0) is 25.7 Å². The number of amides is 1. The van der Waals surface area contributed by atoms with Crippen LogP contribution in [0.3, 0.4) is 0 Å². The molecule has 3 aromatic rings. The van der Waals surface area contributed by atoms with Gasteiger partial charge in [0, 0.05) is 11.8 Å². The van der Waals surface area contributed by atoms with Crippen LogP contribution in [-0.4, -0.2) is 26.4 Å². The first-order valence-electron chi connectivity index (χ1n) is 11.6. The molecule has 1 amide bonds. The number of carbonyl (C=O) groups excluding carboxylic acids is 1. The zero-order chi connectivity index (χ0) is 27.3. The van der Waals surface area contributed by atoms with Crippen molar-refractivity contribution in [3.8, 4) is 9.88 Å². The molecule has 0 bridgehead atoms. The van der Waals surface area contributed by atoms with Crippen LogP contribution >= 0.6 is 22.7 Å². The van der Waals surface area contributed by atoms with Crippen LogP contribution in [0.25, 0.3) is 9.88 Å². The smallest absolute Gasteiger partial charge is 0.347 e. The van der Waals surface area contributed by atoms with Crippen molar-refractivity contribution in [1.82, 2.24) is 10.3 Å². The summed E-state index contributed by atoms with van der Waals surface area (Å²) >= 11 is 3.18. The molecule has 1 aromatic carbocycles. The van der Waals surface area contributed by atoms with Crippen LogP contribution in [0.2, 0.25) is 0 Å². The fraction of sp³-hybridized carbons (Fsp3) is 0.259. The van der Waals surface area contributed by atoms with Gasteiger partial charge in [0.25, 0.3) is 0 Å². The second-order valence-electron chi connectivity index (χ2n) is 7.88. The van der Waals surface area contributed by atoms with Crippen molar-refractivity contribution in [2.24, 2.45) is 0 Å². The van der Waals surface area contributed by atoms with E-state index in [4.69, 9.17) is 4.98 Å². The number of thiophene rings is 1. The minimum Gasteiger partial charge on any atom is -0.347 e. The fourth-order valence-electron chi connectivity index (χ4n) is 2.95. The first-order valence-corrected chi connectivity index (χ1v) is 14.7. The number of benzene rings is 1. The quantitative estimate of drug-likeness (QED) is 0.256. The van der Waals surface area contributed by atoms with Crippen molar-refractivity contribution in [2.45, 2.75) is 39.7 Å². The second-order valence-corrected chi connectivity index (χ2v) is 11.1. The molecule has 2 heterocycles. The number of nitrogens with zero attached hydrogens (tertiary/aromatic N) is 1. The van der Waals surface area contributed by atoms with Crippen LogP contribution in [0.1, 0.15) is 44.5 Å². The predicted molar refractivity (Wildman–Crippen MR) is 155 cm³/mol. The lowest BCUT2D eigenvalue weighted by Gasteiger charge is -2.17. The number of anilines is 1. The van der Waals surface area contributed by atoms with Gasteiger partial charge in [-0.05, 0) is 49.4 Å². The zero-order valence-corrected chi connectivity index (χ0v) is 23.9. The Hall–Kier alpha value is -3.05. The summed E-state index contributed by atoms with van der Waals surface area (Å²) in [7, 11) is -2.71. The molecular weight excluding hydrogens is 527 g/mol. The highest BCUT2D eigenvalue weighted by Crippen LogP contribution is 2.30. The van der Waals surface area contributed by atoms with Crippen molar-refractivity contribution >= 4 is 44.6 Å². The highest BCUT2D eigenvalue weighted by molar-refractivity contribution is 7.88. The largest absolute Gasteiger partial charge is 0.359 e. The number of hydrogen-bond donors (Lipinski definition) is 2. The monoisotopic (exact) mass is 559 g/mol. The summed E-state index contributed by atoms with van der Waals surface area (Å²) in [6.07, 6.45) is 8.84. The number of hydrogen-bond acceptors (Lipinski definition) is 7. The third-order valence-corrected chi connectivity index (χ3v) is 7.63. The highest BCUT2D eigenvalue weighted by atomic mass is 32.2. The summed E-state index contributed by atoms with van der Waals surface area (Å²) in [6.45, 7) is 9.47. The molecule has 0 aliphatic rings. The van der Waals surface area contributed by atoms with Gasteiger partial charge in [-0.25, -0.2) is 4.98 Å². The van der Waals surface area contributed by atoms with Gasteiger partial charge in [0.15, 0.2) is 0 Å². The van der Waals surface area contributed by atoms with Crippen molar-refractivity contribution in [3.63, 3.8) is 0 Å². The van der Waals surface area contributed by atoms with Crippen molar-refractivity contribution in [2.75, 3.05) is 11.8 Å². The van der Waals surface area contributed by atoms with E-state index in [-0.39, 0.29) is 11.9 Å². The predicted octanol–water partition coefficient (Wildman–Crippen LogP) is 6.68. The lowest BCUT2D eigenvalue weighted by Crippen LogP contribution is -2.29. The summed E-state index contributed by atoms with van der Waals surface area (Å²) in [5, 5.41) is 7.93. The number of nitrogens with one attached hydrogen (secondary N) is 2. The zero-order valence-electron chi connectivity index (χ0n) is 21.4. The standard InChI is InChI=1S/C19H21N3O4S3.C8H12/c1-3-18(23)20-15(16-12-28-19(21-16)17-5-4-10-27-17)11-13-6-8-14(9-7-13)22-29(24,25)26-2;1-4-5-6-7-8(2)3/h4-10,12,15,22H,3,11H2,1-2H3,(H,20,23);4-7H,2H2,1,3H3/b;5-4-,7-6-/t15-;/m0./s1. The Kier molecular flexibility index (Phi) is 12.4. The number of rotatable bonds is 11. The second kappa shape index (κ2) is 15.3. The maximum absolute atomic E-state index is 12.0. The molecule has 3 rings (SSSR count). The van der Waals surface area contributed by atoms with Crippen LogP contribution in [0.5, 0.6) is 0 Å². The summed E-state index contributed by atoms with van der Waals surface area (Å²) < 4.78 is 29.7. The van der Waals surface area contributed by atoms with Gasteiger partial charge in [-0.3, -0.25) is 13.7 Å². The molecule has 0 radical (unpaired) electrons. The van der Waals surface area contributed by atoms with Crippen LogP contribution in [0.15, 0.2) is 83.6 Å². The minimum absolute atomic E-state index is 0.0508. The summed E-state index contributed by atoms with van der Waals surface area (Å²) in [5.74, 6) is -0.0508. The van der Waals surface area contributed by atoms with Gasteiger partial charge in [0.1, 0.15) is 5.01 Å². The number of thiazole rings is 1. The lowest BCUT2D eigenvalue weighted by molar-refractivity contribution is -0.121. The molecule has 198 valence electrons. The van der Waals surface area contributed by atoms with E-state index in [9.17, 15) is 13.2 Å². The minimum atomic E-state index is -3.80. The highest BCUT2D eigenvalue weighted by Gasteiger charge is 2.19. The van der Waals surface area contributed by atoms with E-state index < -0.39 is 10.3 Å². The molecule has 0 saturated carbocycles. The van der Waals surface area contributed by atoms with Gasteiger partial charge < -0.3 is 5.32 Å². The van der Waals surface area contributed by atoms with E-state index in [1.165, 1.54) is 0 Å². The maximum Gasteiger partial charge on any atom is 0.359 e. The van der Waals surface area contributed by atoms with Crippen molar-refractivity contribution < 1.29 is 17.4 Å². The van der Waals surface area contributed by atoms with Gasteiger partial charge in [-0.2, -0.15) is 8.42 Å². The molecule has 0 unspecified atom stereocenters. The van der Waals surface area contributed by atoms with E-state index in [2.05, 4.69) is 20.8 Å². The number of aromatic nitrogens is 1. The molecule has 10 heteroatoms. The average molecular weight is 560 g/mol. The van der Waals surface area contributed by atoms with Crippen LogP contribution in [0, 0.1) is 0 Å². The Labute approximate surface area is 227 Å². The van der Waals surface area contributed by atoms with Gasteiger partial charge in [-0.15, -0.1) is 22.7 Å². The van der Waals surface area contributed by atoms with Gasteiger partial charge >= 0.3 is 10.3 Å². The van der Waals surface area contributed by atoms with Gasteiger partial charge in [0.05, 0.1) is 29.4 Å². The SMILES string of the molecule is C=C(C)/C=C\C=C/C.CCC(=O)N[C@@H](Cc1ccc(NS(=O)(=O)OC)cc1)c1csc(-c2cccs2)n1. The van der Waals surface area contributed by atoms with E-state index in [0.29, 0.717) is 18.5 Å². The number of carbonyl (C=O) groups is 1. The van der Waals surface area contributed by atoms with E-state index in [0.717, 1.165) is 33.8 Å². The molecular formula is C27H33N3O4S3. The Balaban J connectivity index is 0.000000521. The Bertz CT molecular complexity index is 1290. The van der Waals surface area contributed by atoms with Gasteiger partial charge in [-0.1, -0.05) is 61.6 Å². The fourth-order valence-corrected chi connectivity index (χ4v) is 5.14. The Morgan fingerprint density at radius 1 is 1.19 bits per heavy atom. The molecule has 0 fully saturated rings. The molecule has 0 spiro atoms. The average Bonchev–Trinajstić information content (AvgIpc) is 3.57. The summed E-state index contributed by atoms with van der Waals surface area (Å²) in [4.78, 5) is 17.9. The van der Waals surface area contributed by atoms with Crippen molar-refractivity contribution in [1.29, 1.82) is 0 Å². The number of allylic oxidation sites excluding steroid dienone is 5. The first-order chi connectivity index (χ1) is 17.7. The summed E-state index contributed by atoms with van der Waals surface area (Å²) in [5.41, 5.74) is 3.24. The third kappa shape index (κ3) is 10.8. The molecule has 0 aliphatic heterocycles. The molecule has 0 aliphatic carbocycles. The lowest BCUT2D eigenvalue weighted by atomic mass is 10.0. The molecule has 37 heavy (non-hydrogen) atoms. The molecule has 0 saturated heterocycles. The van der Waals surface area contributed by atoms with E-state index in [1.54, 1.807) is 41.7 Å². The Morgan fingerprint density at radius 2 is 1.92 bits per heavy atom.